The third-order valence-electron chi connectivity index (χ3n) is 12.5. The Morgan fingerprint density at radius 2 is 1.89 bits per heavy atom. The van der Waals surface area contributed by atoms with E-state index in [9.17, 15) is 29.7 Å². The van der Waals surface area contributed by atoms with E-state index in [1.165, 1.54) is 32.1 Å². The first kappa shape index (κ1) is 38.8. The number of carbonyl (C=O) groups excluding carboxylic acids is 1. The number of aliphatic hydroxyl groups excluding tert-OH is 1. The van der Waals surface area contributed by atoms with Crippen molar-refractivity contribution in [1.82, 2.24) is 20.5 Å². The highest BCUT2D eigenvalue weighted by molar-refractivity contribution is 6.34. The van der Waals surface area contributed by atoms with Crippen molar-refractivity contribution in [3.05, 3.63) is 104 Å². The summed E-state index contributed by atoms with van der Waals surface area (Å²) in [6.07, 6.45) is 6.45. The Morgan fingerprint density at radius 3 is 2.64 bits per heavy atom. The molecular formula is C43H51ClN4O7. The van der Waals surface area contributed by atoms with Gasteiger partial charge in [0.1, 0.15) is 11.5 Å². The largest absolute Gasteiger partial charge is 0.506 e. The van der Waals surface area contributed by atoms with Crippen LogP contribution < -0.4 is 20.9 Å². The van der Waals surface area contributed by atoms with Crippen molar-refractivity contribution in [1.29, 1.82) is 0 Å². The number of rotatable bonds is 14. The van der Waals surface area contributed by atoms with Gasteiger partial charge in [0.2, 0.25) is 5.56 Å². The van der Waals surface area contributed by atoms with Gasteiger partial charge in [0.15, 0.2) is 0 Å². The molecule has 4 heterocycles. The topological polar surface area (TPSA) is 164 Å². The fourth-order valence-corrected chi connectivity index (χ4v) is 9.96. The molecular weight excluding hydrogens is 720 g/mol. The predicted molar refractivity (Wildman–Crippen MR) is 212 cm³/mol. The van der Waals surface area contributed by atoms with Crippen LogP contribution in [0.5, 0.6) is 11.5 Å². The molecule has 4 aliphatic rings. The number of ether oxygens (including phenoxy) is 1. The van der Waals surface area contributed by atoms with Crippen LogP contribution in [0.4, 0.5) is 0 Å². The van der Waals surface area contributed by atoms with Crippen molar-refractivity contribution in [2.24, 2.45) is 17.8 Å². The van der Waals surface area contributed by atoms with E-state index in [2.05, 4.69) is 32.7 Å². The Morgan fingerprint density at radius 1 is 1.07 bits per heavy atom. The number of H-pyrrole nitrogens is 1. The van der Waals surface area contributed by atoms with Gasteiger partial charge in [-0.05, 0) is 110 Å². The number of nitrogens with one attached hydrogen (secondary N) is 3. The number of carbonyl (C=O) groups is 2. The van der Waals surface area contributed by atoms with Crippen LogP contribution in [-0.2, 0) is 23.2 Å². The van der Waals surface area contributed by atoms with Crippen molar-refractivity contribution in [2.75, 3.05) is 39.8 Å². The van der Waals surface area contributed by atoms with Gasteiger partial charge in [0.25, 0.3) is 5.91 Å². The van der Waals surface area contributed by atoms with Crippen molar-refractivity contribution >= 4 is 34.4 Å². The van der Waals surface area contributed by atoms with Crippen molar-refractivity contribution in [2.45, 2.75) is 69.4 Å². The molecule has 4 fully saturated rings. The number of carboxylic acids is 1. The van der Waals surface area contributed by atoms with Crippen LogP contribution in [0, 0.1) is 17.8 Å². The summed E-state index contributed by atoms with van der Waals surface area (Å²) < 4.78 is 5.60. The average Bonchev–Trinajstić information content (AvgIpc) is 3.20. The van der Waals surface area contributed by atoms with Crippen molar-refractivity contribution < 1.29 is 29.6 Å². The molecule has 0 spiro atoms. The molecule has 1 aliphatic carbocycles. The summed E-state index contributed by atoms with van der Waals surface area (Å²) in [7, 11) is 1.52. The van der Waals surface area contributed by atoms with Gasteiger partial charge in [0, 0.05) is 43.2 Å². The Kier molecular flexibility index (Phi) is 11.8. The maximum absolute atomic E-state index is 13.3. The third-order valence-corrected chi connectivity index (χ3v) is 12.8. The van der Waals surface area contributed by atoms with Gasteiger partial charge in [-0.1, -0.05) is 54.8 Å². The summed E-state index contributed by atoms with van der Waals surface area (Å²) >= 11 is 6.61. The number of benzene rings is 3. The van der Waals surface area contributed by atoms with Crippen LogP contribution in [-0.4, -0.2) is 76.9 Å². The van der Waals surface area contributed by atoms with Gasteiger partial charge in [-0.15, -0.1) is 0 Å². The van der Waals surface area contributed by atoms with Crippen LogP contribution in [0.2, 0.25) is 5.02 Å². The number of pyridine rings is 1. The Hall–Kier alpha value is -4.42. The van der Waals surface area contributed by atoms with Crippen LogP contribution in [0.3, 0.4) is 0 Å². The molecule has 6 N–H and O–H groups in total. The number of aryl methyl sites for hydroxylation is 1. The van der Waals surface area contributed by atoms with Gasteiger partial charge < -0.3 is 40.6 Å². The molecule has 3 saturated heterocycles. The average molecular weight is 771 g/mol. The minimum Gasteiger partial charge on any atom is -0.506 e. The Balaban J connectivity index is 0.952. The summed E-state index contributed by atoms with van der Waals surface area (Å²) in [6.45, 7) is 4.16. The van der Waals surface area contributed by atoms with Crippen LogP contribution >= 0.6 is 11.6 Å². The number of aliphatic hydroxyl groups is 1. The maximum atomic E-state index is 13.3. The number of piperidine rings is 3. The van der Waals surface area contributed by atoms with Crippen LogP contribution in [0.15, 0.2) is 65.5 Å². The number of aromatic amines is 1. The second-order valence-electron chi connectivity index (χ2n) is 15.6. The number of aliphatic carboxylic acids is 1. The first-order valence-corrected chi connectivity index (χ1v) is 19.9. The lowest BCUT2D eigenvalue weighted by Gasteiger charge is -2.53. The molecule has 12 heteroatoms. The monoisotopic (exact) mass is 770 g/mol. The zero-order valence-corrected chi connectivity index (χ0v) is 32.0. The van der Waals surface area contributed by atoms with E-state index in [1.54, 1.807) is 24.3 Å². The van der Waals surface area contributed by atoms with E-state index in [0.717, 1.165) is 50.0 Å². The molecule has 3 aliphatic heterocycles. The second-order valence-corrected chi connectivity index (χ2v) is 16.0. The number of hydrogen-bond donors (Lipinski definition) is 6. The summed E-state index contributed by atoms with van der Waals surface area (Å²) in [5.41, 5.74) is 2.57. The number of methoxy groups -OCH3 is 1. The maximum Gasteiger partial charge on any atom is 0.314 e. The fourth-order valence-electron chi connectivity index (χ4n) is 9.69. The van der Waals surface area contributed by atoms with E-state index in [1.807, 2.05) is 12.1 Å². The normalized spacial score (nSPS) is 24.1. The summed E-state index contributed by atoms with van der Waals surface area (Å²) in [6, 6.07) is 17.4. The highest BCUT2D eigenvalue weighted by atomic mass is 35.5. The highest BCUT2D eigenvalue weighted by Crippen LogP contribution is 2.52. The van der Waals surface area contributed by atoms with E-state index < -0.39 is 17.5 Å². The summed E-state index contributed by atoms with van der Waals surface area (Å²) in [4.78, 5) is 43.5. The molecule has 4 atom stereocenters. The quantitative estimate of drug-likeness (QED) is 0.0853. The smallest absolute Gasteiger partial charge is 0.314 e. The van der Waals surface area contributed by atoms with Crippen LogP contribution in [0.25, 0.3) is 10.9 Å². The van der Waals surface area contributed by atoms with E-state index in [4.69, 9.17) is 16.3 Å². The molecule has 1 saturated carbocycles. The standard InChI is InChI=1S/C43H51ClN4O7/c1-55-38-22-32(35(44)21-28(38)23-45-24-37(50)30-10-12-36(49)40-31(30)11-13-39(51)47-40)41(52)46-17-5-7-26-6-4-8-29(20-26)43(42(53)54)16-3-2-9-34(43)33-25-48-18-14-27(33)15-19-48/h4,6,8,10-13,20-22,27,33-34,37,45,49-50H,2-3,5,7,9,14-19,23-25H2,1H3,(H,46,52)(H,47,51)(H,53,54)/t33?,34?,37-,43?/m0/s1. The van der Waals surface area contributed by atoms with E-state index >= 15 is 0 Å². The number of phenolic OH excluding ortho intramolecular Hbond substituents is 1. The lowest BCUT2D eigenvalue weighted by Crippen LogP contribution is -2.56. The Bertz CT molecular complexity index is 2100. The number of aromatic nitrogens is 1. The van der Waals surface area contributed by atoms with E-state index in [0.29, 0.717) is 59.9 Å². The lowest BCUT2D eigenvalue weighted by molar-refractivity contribution is -0.151. The highest BCUT2D eigenvalue weighted by Gasteiger charge is 2.54. The van der Waals surface area contributed by atoms with Gasteiger partial charge in [-0.25, -0.2) is 0 Å². The molecule has 8 rings (SSSR count). The minimum absolute atomic E-state index is 0.0808. The number of amides is 1. The molecule has 11 nitrogen and oxygen atoms in total. The lowest BCUT2D eigenvalue weighted by atomic mass is 9.55. The molecule has 1 amide bonds. The molecule has 4 aromatic rings. The number of nitrogens with zero attached hydrogens (tertiary/aromatic N) is 1. The number of fused-ring (bicyclic) bond motifs is 4. The molecule has 0 radical (unpaired) electrons. The van der Waals surface area contributed by atoms with Gasteiger partial charge >= 0.3 is 5.97 Å². The molecule has 1 aromatic heterocycles. The molecule has 2 bridgehead atoms. The number of halogens is 1. The number of hydrogen-bond acceptors (Lipinski definition) is 8. The molecule has 292 valence electrons. The Labute approximate surface area is 326 Å². The van der Waals surface area contributed by atoms with E-state index in [-0.39, 0.29) is 52.3 Å². The van der Waals surface area contributed by atoms with Crippen molar-refractivity contribution in [3.8, 4) is 11.5 Å². The summed E-state index contributed by atoms with van der Waals surface area (Å²) in [5.74, 6) is 0.554. The molecule has 55 heavy (non-hydrogen) atoms. The summed E-state index contributed by atoms with van der Waals surface area (Å²) in [5, 5.41) is 39.0. The SMILES string of the molecule is COc1cc(C(=O)NCCCc2cccc(C3(C(=O)O)CCCCC3C3CN4CCC3CC4)c2)c(Cl)cc1CNC[C@H](O)c1ccc(O)c2[nH]c(=O)ccc12. The predicted octanol–water partition coefficient (Wildman–Crippen LogP) is 5.94. The third kappa shape index (κ3) is 7.98. The zero-order chi connectivity index (χ0) is 38.7. The number of phenols is 1. The minimum atomic E-state index is -0.944. The van der Waals surface area contributed by atoms with Gasteiger partial charge in [-0.3, -0.25) is 14.4 Å². The first-order valence-electron chi connectivity index (χ1n) is 19.5. The van der Waals surface area contributed by atoms with Gasteiger partial charge in [0.05, 0.1) is 34.7 Å². The van der Waals surface area contributed by atoms with Crippen LogP contribution in [0.1, 0.15) is 83.7 Å². The zero-order valence-electron chi connectivity index (χ0n) is 31.3. The molecule has 3 aromatic carbocycles. The number of carboxylic acid groups (broad SMARTS) is 1. The van der Waals surface area contributed by atoms with Crippen molar-refractivity contribution in [3.63, 3.8) is 0 Å². The first-order chi connectivity index (χ1) is 26.6. The van der Waals surface area contributed by atoms with Gasteiger partial charge in [-0.2, -0.15) is 0 Å². The fraction of sp³-hybridized carbons (Fsp3) is 0.465. The number of aromatic hydroxyl groups is 1. The molecule has 3 unspecified atom stereocenters. The second kappa shape index (κ2) is 16.8.